The lowest BCUT2D eigenvalue weighted by molar-refractivity contribution is 0.291. The number of nitrogens with zero attached hydrogens (tertiary/aromatic N) is 1. The van der Waals surface area contributed by atoms with E-state index in [-0.39, 0.29) is 16.8 Å². The van der Waals surface area contributed by atoms with Crippen LogP contribution in [0, 0.1) is 5.92 Å². The smallest absolute Gasteiger partial charge is 0.295 e. The normalized spacial score (nSPS) is 19.8. The first kappa shape index (κ1) is 13.0. The van der Waals surface area contributed by atoms with Gasteiger partial charge in [-0.3, -0.25) is 4.55 Å². The molecule has 1 atom stereocenters. The van der Waals surface area contributed by atoms with Crippen LogP contribution in [0.15, 0.2) is 34.2 Å². The summed E-state index contributed by atoms with van der Waals surface area (Å²) in [4.78, 5) is 4.18. The van der Waals surface area contributed by atoms with E-state index in [1.165, 1.54) is 6.07 Å². The molecule has 1 N–H and O–H groups in total. The highest BCUT2D eigenvalue weighted by molar-refractivity contribution is 7.86. The quantitative estimate of drug-likeness (QED) is 0.848. The van der Waals surface area contributed by atoms with Crippen LogP contribution in [0.5, 0.6) is 0 Å². The second kappa shape index (κ2) is 4.70. The molecular weight excluding hydrogens is 254 g/mol. The van der Waals surface area contributed by atoms with E-state index in [1.54, 1.807) is 18.2 Å². The molecule has 1 aromatic carbocycles. The molecule has 0 saturated heterocycles. The van der Waals surface area contributed by atoms with Gasteiger partial charge in [-0.15, -0.1) is 0 Å². The fourth-order valence-electron chi connectivity index (χ4n) is 1.75. The van der Waals surface area contributed by atoms with Gasteiger partial charge in [0, 0.05) is 0 Å². The minimum Gasteiger partial charge on any atom is -0.475 e. The zero-order valence-electron chi connectivity index (χ0n) is 10.2. The van der Waals surface area contributed by atoms with E-state index in [1.807, 2.05) is 13.8 Å². The first-order chi connectivity index (χ1) is 8.39. The van der Waals surface area contributed by atoms with E-state index in [9.17, 15) is 8.42 Å². The van der Waals surface area contributed by atoms with Crippen molar-refractivity contribution >= 4 is 16.0 Å². The summed E-state index contributed by atoms with van der Waals surface area (Å²) in [6, 6.07) is 6.15. The molecule has 0 saturated carbocycles. The van der Waals surface area contributed by atoms with Gasteiger partial charge in [-0.1, -0.05) is 26.0 Å². The van der Waals surface area contributed by atoms with Crippen molar-refractivity contribution in [2.45, 2.75) is 24.8 Å². The van der Waals surface area contributed by atoms with Gasteiger partial charge in [0.1, 0.15) is 11.5 Å². The average molecular weight is 269 g/mol. The molecule has 1 aliphatic rings. The minimum atomic E-state index is -4.27. The largest absolute Gasteiger partial charge is 0.475 e. The first-order valence-corrected chi connectivity index (χ1v) is 7.11. The lowest BCUT2D eigenvalue weighted by Crippen LogP contribution is -2.13. The lowest BCUT2D eigenvalue weighted by Gasteiger charge is -2.06. The van der Waals surface area contributed by atoms with E-state index in [0.717, 1.165) is 0 Å². The Morgan fingerprint density at radius 3 is 2.61 bits per heavy atom. The molecule has 1 aliphatic heterocycles. The number of hydrogen-bond acceptors (Lipinski definition) is 4. The maximum absolute atomic E-state index is 11.3. The van der Waals surface area contributed by atoms with Gasteiger partial charge in [-0.2, -0.15) is 8.42 Å². The molecule has 0 aliphatic carbocycles. The molecule has 1 unspecified atom stereocenters. The van der Waals surface area contributed by atoms with Crippen molar-refractivity contribution in [2.24, 2.45) is 10.9 Å². The predicted octanol–water partition coefficient (Wildman–Crippen LogP) is 1.73. The topological polar surface area (TPSA) is 76.0 Å². The Bertz CT molecular complexity index is 577. The van der Waals surface area contributed by atoms with Crippen LogP contribution >= 0.6 is 0 Å². The van der Waals surface area contributed by atoms with Crippen molar-refractivity contribution in [3.8, 4) is 0 Å². The van der Waals surface area contributed by atoms with Crippen molar-refractivity contribution in [2.75, 3.05) is 6.61 Å². The SMILES string of the molecule is CC(C)C1COC(c2ccccc2S(=O)(=O)O)=N1. The van der Waals surface area contributed by atoms with Crippen LogP contribution in [-0.2, 0) is 14.9 Å². The van der Waals surface area contributed by atoms with Crippen molar-refractivity contribution in [1.82, 2.24) is 0 Å². The molecule has 2 rings (SSSR count). The van der Waals surface area contributed by atoms with Gasteiger partial charge >= 0.3 is 0 Å². The summed E-state index contributed by atoms with van der Waals surface area (Å²) in [6.45, 7) is 4.48. The van der Waals surface area contributed by atoms with Gasteiger partial charge in [0.25, 0.3) is 10.1 Å². The van der Waals surface area contributed by atoms with E-state index in [4.69, 9.17) is 9.29 Å². The van der Waals surface area contributed by atoms with E-state index >= 15 is 0 Å². The third-order valence-electron chi connectivity index (χ3n) is 2.84. The summed E-state index contributed by atoms with van der Waals surface area (Å²) in [7, 11) is -4.27. The molecule has 98 valence electrons. The van der Waals surface area contributed by atoms with Crippen LogP contribution < -0.4 is 0 Å². The number of ether oxygens (including phenoxy) is 1. The Morgan fingerprint density at radius 2 is 2.06 bits per heavy atom. The maximum Gasteiger partial charge on any atom is 0.295 e. The standard InChI is InChI=1S/C12H15NO4S/c1-8(2)10-7-17-12(13-10)9-5-3-4-6-11(9)18(14,15)16/h3-6,8,10H,7H2,1-2H3,(H,14,15,16). The van der Waals surface area contributed by atoms with Crippen LogP contribution in [-0.4, -0.2) is 31.5 Å². The minimum absolute atomic E-state index is 0.0226. The molecule has 18 heavy (non-hydrogen) atoms. The fourth-order valence-corrected chi connectivity index (χ4v) is 2.43. The Kier molecular flexibility index (Phi) is 3.41. The maximum atomic E-state index is 11.3. The number of aliphatic imine (C=N–C) groups is 1. The van der Waals surface area contributed by atoms with Crippen LogP contribution in [0.3, 0.4) is 0 Å². The van der Waals surface area contributed by atoms with Crippen molar-refractivity contribution in [3.05, 3.63) is 29.8 Å². The highest BCUT2D eigenvalue weighted by Crippen LogP contribution is 2.22. The average Bonchev–Trinajstić information content (AvgIpc) is 2.77. The molecule has 0 fully saturated rings. The second-order valence-corrected chi connectivity index (χ2v) is 5.92. The lowest BCUT2D eigenvalue weighted by atomic mass is 10.1. The summed E-state index contributed by atoms with van der Waals surface area (Å²) in [5.74, 6) is 0.599. The van der Waals surface area contributed by atoms with Crippen molar-refractivity contribution < 1.29 is 17.7 Å². The van der Waals surface area contributed by atoms with Crippen LogP contribution in [0.25, 0.3) is 0 Å². The van der Waals surface area contributed by atoms with E-state index < -0.39 is 10.1 Å². The summed E-state index contributed by atoms with van der Waals surface area (Å²) in [5, 5.41) is 0. The van der Waals surface area contributed by atoms with Gasteiger partial charge in [0.2, 0.25) is 5.90 Å². The Balaban J connectivity index is 2.45. The Hall–Kier alpha value is -1.40. The molecule has 1 aromatic rings. The Morgan fingerprint density at radius 1 is 1.39 bits per heavy atom. The number of hydrogen-bond donors (Lipinski definition) is 1. The predicted molar refractivity (Wildman–Crippen MR) is 67.4 cm³/mol. The fraction of sp³-hybridized carbons (Fsp3) is 0.417. The number of benzene rings is 1. The second-order valence-electron chi connectivity index (χ2n) is 4.53. The van der Waals surface area contributed by atoms with Crippen LogP contribution in [0.1, 0.15) is 19.4 Å². The molecule has 0 aromatic heterocycles. The third kappa shape index (κ3) is 2.54. The summed E-state index contributed by atoms with van der Waals surface area (Å²) >= 11 is 0. The monoisotopic (exact) mass is 269 g/mol. The molecule has 0 bridgehead atoms. The molecule has 1 heterocycles. The molecular formula is C12H15NO4S. The molecule has 5 nitrogen and oxygen atoms in total. The van der Waals surface area contributed by atoms with Crippen LogP contribution in [0.2, 0.25) is 0 Å². The van der Waals surface area contributed by atoms with Gasteiger partial charge in [-0.05, 0) is 18.1 Å². The highest BCUT2D eigenvalue weighted by Gasteiger charge is 2.26. The van der Waals surface area contributed by atoms with Gasteiger partial charge in [-0.25, -0.2) is 4.99 Å². The third-order valence-corrected chi connectivity index (χ3v) is 3.75. The molecule has 0 spiro atoms. The first-order valence-electron chi connectivity index (χ1n) is 5.67. The summed E-state index contributed by atoms with van der Waals surface area (Å²) in [5.41, 5.74) is 0.308. The van der Waals surface area contributed by atoms with Crippen molar-refractivity contribution in [1.29, 1.82) is 0 Å². The zero-order chi connectivity index (χ0) is 13.3. The zero-order valence-corrected chi connectivity index (χ0v) is 11.0. The van der Waals surface area contributed by atoms with Gasteiger partial charge < -0.3 is 4.74 Å². The van der Waals surface area contributed by atoms with Crippen molar-refractivity contribution in [3.63, 3.8) is 0 Å². The van der Waals surface area contributed by atoms with Gasteiger partial charge in [0.05, 0.1) is 11.6 Å². The molecule has 0 radical (unpaired) electrons. The van der Waals surface area contributed by atoms with Crippen LogP contribution in [0.4, 0.5) is 0 Å². The van der Waals surface area contributed by atoms with E-state index in [0.29, 0.717) is 18.1 Å². The highest BCUT2D eigenvalue weighted by atomic mass is 32.2. The number of rotatable bonds is 3. The molecule has 0 amide bonds. The summed E-state index contributed by atoms with van der Waals surface area (Å²) in [6.07, 6.45) is 0. The summed E-state index contributed by atoms with van der Waals surface area (Å²) < 4.78 is 37.1. The molecule has 6 heteroatoms. The van der Waals surface area contributed by atoms with E-state index in [2.05, 4.69) is 4.99 Å². The Labute approximate surface area is 106 Å². The van der Waals surface area contributed by atoms with Gasteiger partial charge in [0.15, 0.2) is 0 Å².